The van der Waals surface area contributed by atoms with Crippen molar-refractivity contribution in [3.63, 3.8) is 0 Å². The molecule has 0 aromatic heterocycles. The van der Waals surface area contributed by atoms with Gasteiger partial charge in [0, 0.05) is 19.3 Å². The van der Waals surface area contributed by atoms with Crippen molar-refractivity contribution in [2.45, 2.75) is 18.7 Å². The lowest BCUT2D eigenvalue weighted by atomic mass is 10.2. The Balaban J connectivity index is 2.88. The lowest BCUT2D eigenvalue weighted by Gasteiger charge is -2.20. The Bertz CT molecular complexity index is 557. The summed E-state index contributed by atoms with van der Waals surface area (Å²) in [6.07, 6.45) is 0. The smallest absolute Gasteiger partial charge is 0.325 e. The Labute approximate surface area is 113 Å². The summed E-state index contributed by atoms with van der Waals surface area (Å²) >= 11 is 0. The first-order valence-electron chi connectivity index (χ1n) is 5.66. The van der Waals surface area contributed by atoms with Gasteiger partial charge in [0.15, 0.2) is 5.25 Å². The maximum absolute atomic E-state index is 12.1. The average Bonchev–Trinajstić information content (AvgIpc) is 2.36. The zero-order valence-corrected chi connectivity index (χ0v) is 12.0. The molecule has 0 aliphatic rings. The zero-order valence-electron chi connectivity index (χ0n) is 11.2. The molecule has 0 spiro atoms. The van der Waals surface area contributed by atoms with E-state index in [9.17, 15) is 13.2 Å². The number of nitrogen functional groups attached to an aromatic ring is 1. The Kier molecular flexibility index (Phi) is 4.90. The third kappa shape index (κ3) is 3.68. The van der Waals surface area contributed by atoms with Crippen molar-refractivity contribution in [3.05, 3.63) is 29.8 Å². The van der Waals surface area contributed by atoms with E-state index in [1.165, 1.54) is 14.0 Å². The summed E-state index contributed by atoms with van der Waals surface area (Å²) in [6, 6.07) is 6.92. The summed E-state index contributed by atoms with van der Waals surface area (Å²) in [6.45, 7) is 1.45. The first kappa shape index (κ1) is 15.5. The second-order valence-electron chi connectivity index (χ2n) is 4.21. The number of sulfonamides is 1. The van der Waals surface area contributed by atoms with Gasteiger partial charge in [0.1, 0.15) is 0 Å². The van der Waals surface area contributed by atoms with Gasteiger partial charge in [-0.05, 0) is 24.6 Å². The lowest BCUT2D eigenvalue weighted by molar-refractivity contribution is -0.139. The minimum atomic E-state index is -3.74. The number of anilines is 1. The quantitative estimate of drug-likeness (QED) is 0.632. The molecule has 106 valence electrons. The van der Waals surface area contributed by atoms with Crippen molar-refractivity contribution >= 4 is 21.7 Å². The van der Waals surface area contributed by atoms with Crippen molar-refractivity contribution in [3.8, 4) is 0 Å². The highest BCUT2D eigenvalue weighted by Crippen LogP contribution is 2.14. The fourth-order valence-electron chi connectivity index (χ4n) is 1.60. The molecule has 0 saturated carbocycles. The van der Waals surface area contributed by atoms with Gasteiger partial charge in [-0.1, -0.05) is 12.1 Å². The Morgan fingerprint density at radius 2 is 2.11 bits per heavy atom. The molecule has 7 heteroatoms. The summed E-state index contributed by atoms with van der Waals surface area (Å²) < 4.78 is 29.8. The fourth-order valence-corrected chi connectivity index (χ4v) is 2.80. The highest BCUT2D eigenvalue weighted by Gasteiger charge is 2.32. The third-order valence-electron chi connectivity index (χ3n) is 2.77. The molecule has 19 heavy (non-hydrogen) atoms. The van der Waals surface area contributed by atoms with Gasteiger partial charge in [-0.25, -0.2) is 8.42 Å². The Morgan fingerprint density at radius 1 is 1.47 bits per heavy atom. The molecule has 1 aromatic rings. The summed E-state index contributed by atoms with van der Waals surface area (Å²) in [4.78, 5) is 11.3. The molecule has 0 saturated heterocycles. The van der Waals surface area contributed by atoms with E-state index in [1.54, 1.807) is 24.3 Å². The molecule has 0 amide bonds. The van der Waals surface area contributed by atoms with Crippen LogP contribution in [0.5, 0.6) is 0 Å². The predicted octanol–water partition coefficient (Wildman–Crippen LogP) is 0.592. The number of esters is 1. The fraction of sp³-hybridized carbons (Fsp3) is 0.417. The number of benzene rings is 1. The van der Waals surface area contributed by atoms with E-state index in [1.807, 2.05) is 0 Å². The van der Waals surface area contributed by atoms with Crippen LogP contribution in [0, 0.1) is 0 Å². The molecular weight excluding hydrogens is 268 g/mol. The lowest BCUT2D eigenvalue weighted by Crippen LogP contribution is -2.39. The van der Waals surface area contributed by atoms with Gasteiger partial charge in [0.2, 0.25) is 10.0 Å². The SMILES string of the molecule is COC(=O)C(C)S(=O)(=O)N(C)Cc1cccc(N)c1. The van der Waals surface area contributed by atoms with Crippen LogP contribution in [0.2, 0.25) is 0 Å². The number of hydrogen-bond acceptors (Lipinski definition) is 5. The van der Waals surface area contributed by atoms with Crippen molar-refractivity contribution in [1.82, 2.24) is 4.31 Å². The standard InChI is InChI=1S/C12H18N2O4S/c1-9(12(15)18-3)19(16,17)14(2)8-10-5-4-6-11(13)7-10/h4-7,9H,8,13H2,1-3H3. The molecule has 1 atom stereocenters. The van der Waals surface area contributed by atoms with E-state index in [0.717, 1.165) is 17.0 Å². The van der Waals surface area contributed by atoms with Gasteiger partial charge in [-0.3, -0.25) is 4.79 Å². The summed E-state index contributed by atoms with van der Waals surface area (Å²) in [5.41, 5.74) is 6.94. The van der Waals surface area contributed by atoms with Crippen molar-refractivity contribution in [2.24, 2.45) is 0 Å². The first-order chi connectivity index (χ1) is 8.78. The maximum Gasteiger partial charge on any atom is 0.325 e. The molecule has 1 unspecified atom stereocenters. The van der Waals surface area contributed by atoms with Crippen LogP contribution >= 0.6 is 0 Å². The van der Waals surface area contributed by atoms with Gasteiger partial charge in [0.05, 0.1) is 7.11 Å². The Morgan fingerprint density at radius 3 is 2.63 bits per heavy atom. The molecule has 0 aliphatic heterocycles. The molecule has 1 rings (SSSR count). The first-order valence-corrected chi connectivity index (χ1v) is 7.16. The number of carbonyl (C=O) groups is 1. The molecular formula is C12H18N2O4S. The van der Waals surface area contributed by atoms with Crippen LogP contribution in [0.1, 0.15) is 12.5 Å². The van der Waals surface area contributed by atoms with E-state index >= 15 is 0 Å². The summed E-state index contributed by atoms with van der Waals surface area (Å²) in [7, 11) is -1.17. The van der Waals surface area contributed by atoms with Crippen LogP contribution in [0.4, 0.5) is 5.69 Å². The monoisotopic (exact) mass is 286 g/mol. The second kappa shape index (κ2) is 6.03. The molecule has 0 fully saturated rings. The largest absolute Gasteiger partial charge is 0.468 e. The maximum atomic E-state index is 12.1. The van der Waals surface area contributed by atoms with Crippen molar-refractivity contribution in [1.29, 1.82) is 0 Å². The van der Waals surface area contributed by atoms with Gasteiger partial charge < -0.3 is 10.5 Å². The molecule has 0 bridgehead atoms. The highest BCUT2D eigenvalue weighted by atomic mass is 32.2. The number of nitrogens with two attached hydrogens (primary N) is 1. The number of methoxy groups -OCH3 is 1. The molecule has 2 N–H and O–H groups in total. The van der Waals surface area contributed by atoms with E-state index < -0.39 is 21.2 Å². The minimum Gasteiger partial charge on any atom is -0.468 e. The van der Waals surface area contributed by atoms with E-state index in [4.69, 9.17) is 5.73 Å². The van der Waals surface area contributed by atoms with Crippen molar-refractivity contribution in [2.75, 3.05) is 19.9 Å². The normalized spacial score (nSPS) is 13.3. The van der Waals surface area contributed by atoms with Crippen LogP contribution in [0.15, 0.2) is 24.3 Å². The zero-order chi connectivity index (χ0) is 14.6. The van der Waals surface area contributed by atoms with Crippen LogP contribution in [0.3, 0.4) is 0 Å². The number of rotatable bonds is 5. The Hall–Kier alpha value is -1.60. The summed E-state index contributed by atoms with van der Waals surface area (Å²) in [5.74, 6) is -0.778. The van der Waals surface area contributed by atoms with Gasteiger partial charge >= 0.3 is 5.97 Å². The van der Waals surface area contributed by atoms with Crippen LogP contribution in [-0.4, -0.2) is 38.1 Å². The van der Waals surface area contributed by atoms with Crippen LogP contribution in [-0.2, 0) is 26.1 Å². The molecule has 0 radical (unpaired) electrons. The van der Waals surface area contributed by atoms with E-state index in [-0.39, 0.29) is 6.54 Å². The molecule has 0 heterocycles. The topological polar surface area (TPSA) is 89.7 Å². The van der Waals surface area contributed by atoms with E-state index in [2.05, 4.69) is 4.74 Å². The second-order valence-corrected chi connectivity index (χ2v) is 6.57. The van der Waals surface area contributed by atoms with Gasteiger partial charge in [-0.15, -0.1) is 0 Å². The van der Waals surface area contributed by atoms with Crippen LogP contribution < -0.4 is 5.73 Å². The number of nitrogens with zero attached hydrogens (tertiary/aromatic N) is 1. The highest BCUT2D eigenvalue weighted by molar-refractivity contribution is 7.90. The number of carbonyl (C=O) groups excluding carboxylic acids is 1. The minimum absolute atomic E-state index is 0.148. The van der Waals surface area contributed by atoms with E-state index in [0.29, 0.717) is 5.69 Å². The average molecular weight is 286 g/mol. The number of ether oxygens (including phenoxy) is 1. The molecule has 1 aromatic carbocycles. The number of hydrogen-bond donors (Lipinski definition) is 1. The summed E-state index contributed by atoms with van der Waals surface area (Å²) in [5, 5.41) is -1.23. The third-order valence-corrected chi connectivity index (χ3v) is 4.85. The van der Waals surface area contributed by atoms with Gasteiger partial charge in [0.25, 0.3) is 0 Å². The molecule has 6 nitrogen and oxygen atoms in total. The predicted molar refractivity (Wildman–Crippen MR) is 72.7 cm³/mol. The van der Waals surface area contributed by atoms with Gasteiger partial charge in [-0.2, -0.15) is 4.31 Å². The molecule has 0 aliphatic carbocycles. The van der Waals surface area contributed by atoms with Crippen molar-refractivity contribution < 1.29 is 17.9 Å². The van der Waals surface area contributed by atoms with Crippen LogP contribution in [0.25, 0.3) is 0 Å².